The fourth-order valence-electron chi connectivity index (χ4n) is 4.30. The van der Waals surface area contributed by atoms with E-state index in [9.17, 15) is 14.3 Å². The molecule has 4 rings (SSSR count). The molecule has 28 heavy (non-hydrogen) atoms. The van der Waals surface area contributed by atoms with Gasteiger partial charge in [0.2, 0.25) is 0 Å². The van der Waals surface area contributed by atoms with Crippen molar-refractivity contribution in [1.29, 1.82) is 0 Å². The Labute approximate surface area is 163 Å². The number of phenolic OH excluding ortho intramolecular Hbond substituents is 1. The predicted octanol–water partition coefficient (Wildman–Crippen LogP) is 2.49. The number of carbonyl (C=O) groups is 1. The molecule has 1 aromatic heterocycles. The number of halogens is 1. The zero-order valence-corrected chi connectivity index (χ0v) is 15.8. The SMILES string of the molecule is COC1C(=O)N(C2CCN(Cc3cccc(F)c3O)CC2)C1c1ccncc1. The molecule has 3 heterocycles. The minimum atomic E-state index is -0.593. The van der Waals surface area contributed by atoms with E-state index in [-0.39, 0.29) is 23.7 Å². The minimum absolute atomic E-state index is 0.0329. The first-order chi connectivity index (χ1) is 13.6. The van der Waals surface area contributed by atoms with E-state index in [2.05, 4.69) is 9.88 Å². The first-order valence-corrected chi connectivity index (χ1v) is 9.53. The Morgan fingerprint density at radius 3 is 2.61 bits per heavy atom. The highest BCUT2D eigenvalue weighted by atomic mass is 19.1. The summed E-state index contributed by atoms with van der Waals surface area (Å²) in [5.41, 5.74) is 1.63. The molecule has 2 aliphatic heterocycles. The normalized spacial score (nSPS) is 23.6. The standard InChI is InChI=1S/C21H24FN3O3/c1-28-20-18(14-5-9-23-10-6-14)25(21(20)27)16-7-11-24(12-8-16)13-15-3-2-4-17(22)19(15)26/h2-6,9-10,16,18,20,26H,7-8,11-13H2,1H3. The molecule has 6 nitrogen and oxygen atoms in total. The number of methoxy groups -OCH3 is 1. The van der Waals surface area contributed by atoms with Gasteiger partial charge in [0.25, 0.3) is 5.91 Å². The highest BCUT2D eigenvalue weighted by Crippen LogP contribution is 2.40. The number of aromatic hydroxyl groups is 1. The van der Waals surface area contributed by atoms with Crippen LogP contribution in [0.4, 0.5) is 4.39 Å². The second-order valence-electron chi connectivity index (χ2n) is 7.38. The molecule has 2 fully saturated rings. The van der Waals surface area contributed by atoms with Gasteiger partial charge >= 0.3 is 0 Å². The van der Waals surface area contributed by atoms with Gasteiger partial charge < -0.3 is 14.7 Å². The number of carbonyl (C=O) groups excluding carboxylic acids is 1. The van der Waals surface area contributed by atoms with Crippen LogP contribution in [0.5, 0.6) is 5.75 Å². The number of para-hydroxylation sites is 1. The molecule has 2 saturated heterocycles. The topological polar surface area (TPSA) is 65.9 Å². The Balaban J connectivity index is 1.41. The maximum Gasteiger partial charge on any atom is 0.255 e. The van der Waals surface area contributed by atoms with E-state index in [1.807, 2.05) is 17.0 Å². The highest BCUT2D eigenvalue weighted by Gasteiger charge is 2.51. The largest absolute Gasteiger partial charge is 0.505 e. The minimum Gasteiger partial charge on any atom is -0.505 e. The third-order valence-corrected chi connectivity index (χ3v) is 5.80. The van der Waals surface area contributed by atoms with E-state index in [1.165, 1.54) is 6.07 Å². The Morgan fingerprint density at radius 2 is 1.93 bits per heavy atom. The van der Waals surface area contributed by atoms with Gasteiger partial charge in [0, 0.05) is 50.7 Å². The van der Waals surface area contributed by atoms with E-state index in [0.717, 1.165) is 31.5 Å². The number of aromatic nitrogens is 1. The molecule has 7 heteroatoms. The Hall–Kier alpha value is -2.51. The van der Waals surface area contributed by atoms with Gasteiger partial charge in [0.05, 0.1) is 6.04 Å². The summed E-state index contributed by atoms with van der Waals surface area (Å²) in [6, 6.07) is 8.53. The van der Waals surface area contributed by atoms with Gasteiger partial charge in [-0.15, -0.1) is 0 Å². The molecular formula is C21H24FN3O3. The van der Waals surface area contributed by atoms with Crippen LogP contribution in [0.1, 0.15) is 30.0 Å². The van der Waals surface area contributed by atoms with Gasteiger partial charge in [-0.1, -0.05) is 12.1 Å². The summed E-state index contributed by atoms with van der Waals surface area (Å²) in [7, 11) is 1.57. The molecule has 2 unspecified atom stereocenters. The second-order valence-corrected chi connectivity index (χ2v) is 7.38. The van der Waals surface area contributed by atoms with E-state index in [4.69, 9.17) is 4.74 Å². The van der Waals surface area contributed by atoms with Crippen LogP contribution in [0, 0.1) is 5.82 Å². The van der Waals surface area contributed by atoms with Crippen molar-refractivity contribution in [2.75, 3.05) is 20.2 Å². The molecule has 148 valence electrons. The van der Waals surface area contributed by atoms with E-state index < -0.39 is 11.9 Å². The molecule has 1 amide bonds. The Bertz CT molecular complexity index is 840. The lowest BCUT2D eigenvalue weighted by atomic mass is 9.86. The summed E-state index contributed by atoms with van der Waals surface area (Å²) in [4.78, 5) is 20.8. The highest BCUT2D eigenvalue weighted by molar-refractivity contribution is 5.89. The number of phenols is 1. The van der Waals surface area contributed by atoms with E-state index >= 15 is 0 Å². The number of pyridine rings is 1. The van der Waals surface area contributed by atoms with Crippen molar-refractivity contribution in [3.8, 4) is 5.75 Å². The fourth-order valence-corrected chi connectivity index (χ4v) is 4.30. The van der Waals surface area contributed by atoms with Crippen LogP contribution >= 0.6 is 0 Å². The van der Waals surface area contributed by atoms with E-state index in [0.29, 0.717) is 12.1 Å². The molecule has 1 N–H and O–H groups in total. The van der Waals surface area contributed by atoms with Crippen molar-refractivity contribution >= 4 is 5.91 Å². The van der Waals surface area contributed by atoms with Gasteiger partial charge in [-0.05, 0) is 36.6 Å². The van der Waals surface area contributed by atoms with Gasteiger partial charge in [-0.25, -0.2) is 4.39 Å². The Kier molecular flexibility index (Phi) is 5.28. The van der Waals surface area contributed by atoms with Crippen molar-refractivity contribution < 1.29 is 19.0 Å². The maximum atomic E-state index is 13.5. The monoisotopic (exact) mass is 385 g/mol. The summed E-state index contributed by atoms with van der Waals surface area (Å²) in [5, 5.41) is 9.89. The van der Waals surface area contributed by atoms with Crippen LogP contribution in [0.15, 0.2) is 42.7 Å². The third-order valence-electron chi connectivity index (χ3n) is 5.80. The first kappa shape index (κ1) is 18.8. The smallest absolute Gasteiger partial charge is 0.255 e. The van der Waals surface area contributed by atoms with Crippen LogP contribution in [-0.4, -0.2) is 58.1 Å². The number of benzene rings is 1. The van der Waals surface area contributed by atoms with Crippen LogP contribution < -0.4 is 0 Å². The number of β-lactam (4-membered cyclic amide) rings is 1. The van der Waals surface area contributed by atoms with Gasteiger partial charge in [0.15, 0.2) is 17.7 Å². The van der Waals surface area contributed by atoms with Crippen LogP contribution in [0.2, 0.25) is 0 Å². The third kappa shape index (κ3) is 3.36. The van der Waals surface area contributed by atoms with Gasteiger partial charge in [0.1, 0.15) is 0 Å². The number of piperidine rings is 1. The molecule has 0 aliphatic carbocycles. The van der Waals surface area contributed by atoms with Crippen LogP contribution in [0.3, 0.4) is 0 Å². The average molecular weight is 385 g/mol. The van der Waals surface area contributed by atoms with Crippen molar-refractivity contribution in [3.05, 3.63) is 59.7 Å². The lowest BCUT2D eigenvalue weighted by molar-refractivity contribution is -0.178. The molecule has 2 aromatic rings. The lowest BCUT2D eigenvalue weighted by Crippen LogP contribution is -2.64. The summed E-state index contributed by atoms with van der Waals surface area (Å²) >= 11 is 0. The zero-order chi connectivity index (χ0) is 19.7. The van der Waals surface area contributed by atoms with Crippen molar-refractivity contribution in [2.45, 2.75) is 37.6 Å². The Morgan fingerprint density at radius 1 is 1.21 bits per heavy atom. The molecule has 1 aromatic carbocycles. The molecule has 0 saturated carbocycles. The van der Waals surface area contributed by atoms with Gasteiger partial charge in [-0.3, -0.25) is 14.7 Å². The number of rotatable bonds is 5. The number of likely N-dealkylation sites (tertiary alicyclic amines) is 2. The lowest BCUT2D eigenvalue weighted by Gasteiger charge is -2.52. The molecule has 2 atom stereocenters. The molecule has 2 aliphatic rings. The summed E-state index contributed by atoms with van der Waals surface area (Å²) in [6.45, 7) is 2.06. The number of hydrogen-bond donors (Lipinski definition) is 1. The molecular weight excluding hydrogens is 361 g/mol. The number of ether oxygens (including phenoxy) is 1. The molecule has 0 bridgehead atoms. The van der Waals surface area contributed by atoms with Crippen molar-refractivity contribution in [3.63, 3.8) is 0 Å². The van der Waals surface area contributed by atoms with Crippen LogP contribution in [-0.2, 0) is 16.1 Å². The summed E-state index contributed by atoms with van der Waals surface area (Å²) < 4.78 is 19.0. The number of amides is 1. The van der Waals surface area contributed by atoms with Crippen LogP contribution in [0.25, 0.3) is 0 Å². The maximum absolute atomic E-state index is 13.5. The molecule has 0 radical (unpaired) electrons. The predicted molar refractivity (Wildman–Crippen MR) is 101 cm³/mol. The summed E-state index contributed by atoms with van der Waals surface area (Å²) in [5.74, 6) is -0.835. The zero-order valence-electron chi connectivity index (χ0n) is 15.8. The van der Waals surface area contributed by atoms with Gasteiger partial charge in [-0.2, -0.15) is 0 Å². The molecule has 0 spiro atoms. The fraction of sp³-hybridized carbons (Fsp3) is 0.429. The number of nitrogens with zero attached hydrogens (tertiary/aromatic N) is 3. The number of hydrogen-bond acceptors (Lipinski definition) is 5. The van der Waals surface area contributed by atoms with E-state index in [1.54, 1.807) is 31.6 Å². The quantitative estimate of drug-likeness (QED) is 0.801. The first-order valence-electron chi connectivity index (χ1n) is 9.53. The average Bonchev–Trinajstić information content (AvgIpc) is 2.72. The van der Waals surface area contributed by atoms with Crippen molar-refractivity contribution in [1.82, 2.24) is 14.8 Å². The second kappa shape index (κ2) is 7.85. The van der Waals surface area contributed by atoms with Crippen molar-refractivity contribution in [2.24, 2.45) is 0 Å². The summed E-state index contributed by atoms with van der Waals surface area (Å²) in [6.07, 6.45) is 4.69.